The third kappa shape index (κ3) is 2.84. The van der Waals surface area contributed by atoms with Gasteiger partial charge >= 0.3 is 0 Å². The number of hydrogen-bond acceptors (Lipinski definition) is 4. The molecule has 1 unspecified atom stereocenters. The lowest BCUT2D eigenvalue weighted by Gasteiger charge is -2.07. The summed E-state index contributed by atoms with van der Waals surface area (Å²) in [5.41, 5.74) is 1.12. The first-order valence-corrected chi connectivity index (χ1v) is 8.97. The molecule has 6 heteroatoms. The molecule has 5 nitrogen and oxygen atoms in total. The van der Waals surface area contributed by atoms with Gasteiger partial charge in [0.1, 0.15) is 5.69 Å². The molecule has 1 atom stereocenters. The minimum Gasteiger partial charge on any atom is -0.292 e. The molecule has 0 N–H and O–H groups in total. The molecule has 1 aromatic heterocycles. The SMILES string of the molecule is Cn1nc(C(=O)C(C#N)C(=O)c2cccc(Cl)c2)c2ccc3ccccc3c21. The van der Waals surface area contributed by atoms with E-state index in [0.717, 1.165) is 16.3 Å². The van der Waals surface area contributed by atoms with Gasteiger partial charge < -0.3 is 0 Å². The molecular weight excluding hydrogens is 374 g/mol. The van der Waals surface area contributed by atoms with E-state index in [4.69, 9.17) is 11.6 Å². The molecule has 28 heavy (non-hydrogen) atoms. The van der Waals surface area contributed by atoms with Crippen molar-refractivity contribution in [2.45, 2.75) is 0 Å². The van der Waals surface area contributed by atoms with Crippen molar-refractivity contribution >= 4 is 44.8 Å². The molecule has 0 radical (unpaired) electrons. The number of carbonyl (C=O) groups is 2. The lowest BCUT2D eigenvalue weighted by Crippen LogP contribution is -2.23. The van der Waals surface area contributed by atoms with Crippen LogP contribution in [0.15, 0.2) is 60.7 Å². The number of halogens is 1. The lowest BCUT2D eigenvalue weighted by atomic mass is 9.92. The number of aromatic nitrogens is 2. The average molecular weight is 388 g/mol. The van der Waals surface area contributed by atoms with E-state index in [9.17, 15) is 14.9 Å². The van der Waals surface area contributed by atoms with Gasteiger partial charge in [0, 0.05) is 28.4 Å². The summed E-state index contributed by atoms with van der Waals surface area (Å²) in [7, 11) is 1.74. The van der Waals surface area contributed by atoms with Crippen LogP contribution < -0.4 is 0 Å². The van der Waals surface area contributed by atoms with Crippen LogP contribution >= 0.6 is 11.6 Å². The summed E-state index contributed by atoms with van der Waals surface area (Å²) >= 11 is 5.93. The highest BCUT2D eigenvalue weighted by molar-refractivity contribution is 6.31. The van der Waals surface area contributed by atoms with Gasteiger partial charge in [-0.3, -0.25) is 14.3 Å². The van der Waals surface area contributed by atoms with Gasteiger partial charge in [0.2, 0.25) is 5.78 Å². The van der Waals surface area contributed by atoms with E-state index < -0.39 is 17.5 Å². The number of Topliss-reactive ketones (excluding diaryl/α,β-unsaturated/α-hetero) is 2. The molecule has 1 heterocycles. The fourth-order valence-electron chi connectivity index (χ4n) is 3.41. The number of carbonyl (C=O) groups excluding carboxylic acids is 2. The Morgan fingerprint density at radius 2 is 1.82 bits per heavy atom. The fourth-order valence-corrected chi connectivity index (χ4v) is 3.60. The van der Waals surface area contributed by atoms with Crippen molar-refractivity contribution in [2.75, 3.05) is 0 Å². The third-order valence-electron chi connectivity index (χ3n) is 4.73. The van der Waals surface area contributed by atoms with Crippen LogP contribution in [0.2, 0.25) is 5.02 Å². The standard InChI is InChI=1S/C22H14ClN3O2/c1-26-20-16-8-3-2-5-13(16)9-10-17(20)19(25-26)22(28)18(12-24)21(27)14-6-4-7-15(23)11-14/h2-11,18H,1H3. The second-order valence-electron chi connectivity index (χ2n) is 6.46. The smallest absolute Gasteiger partial charge is 0.208 e. The van der Waals surface area contributed by atoms with Gasteiger partial charge in [-0.15, -0.1) is 0 Å². The average Bonchev–Trinajstić information content (AvgIpc) is 3.05. The van der Waals surface area contributed by atoms with E-state index in [1.807, 2.05) is 36.4 Å². The van der Waals surface area contributed by atoms with Crippen LogP contribution in [0.1, 0.15) is 20.8 Å². The number of aryl methyl sites for hydroxylation is 1. The maximum Gasteiger partial charge on any atom is 0.208 e. The number of rotatable bonds is 4. The van der Waals surface area contributed by atoms with Gasteiger partial charge in [-0.05, 0) is 23.6 Å². The number of ketones is 2. The van der Waals surface area contributed by atoms with Crippen molar-refractivity contribution < 1.29 is 9.59 Å². The highest BCUT2D eigenvalue weighted by Gasteiger charge is 2.32. The van der Waals surface area contributed by atoms with Crippen molar-refractivity contribution in [1.29, 1.82) is 5.26 Å². The first-order valence-electron chi connectivity index (χ1n) is 8.59. The zero-order valence-corrected chi connectivity index (χ0v) is 15.6. The lowest BCUT2D eigenvalue weighted by molar-refractivity contribution is 0.0843. The molecule has 4 rings (SSSR count). The molecule has 0 aliphatic heterocycles. The van der Waals surface area contributed by atoms with Crippen molar-refractivity contribution in [3.63, 3.8) is 0 Å². The van der Waals surface area contributed by atoms with E-state index in [-0.39, 0.29) is 11.3 Å². The van der Waals surface area contributed by atoms with Crippen molar-refractivity contribution in [3.8, 4) is 6.07 Å². The predicted molar refractivity (Wildman–Crippen MR) is 107 cm³/mol. The molecule has 136 valence electrons. The Balaban J connectivity index is 1.83. The maximum absolute atomic E-state index is 13.1. The quantitative estimate of drug-likeness (QED) is 0.379. The molecule has 0 fully saturated rings. The molecule has 3 aromatic carbocycles. The summed E-state index contributed by atoms with van der Waals surface area (Å²) < 4.78 is 1.61. The predicted octanol–water partition coefficient (Wildman–Crippen LogP) is 4.59. The number of nitriles is 1. The summed E-state index contributed by atoms with van der Waals surface area (Å²) in [4.78, 5) is 25.8. The van der Waals surface area contributed by atoms with Crippen molar-refractivity contribution in [3.05, 3.63) is 76.9 Å². The van der Waals surface area contributed by atoms with Gasteiger partial charge in [0.05, 0.1) is 11.6 Å². The van der Waals surface area contributed by atoms with Crippen molar-refractivity contribution in [2.24, 2.45) is 13.0 Å². The van der Waals surface area contributed by atoms with Crippen LogP contribution in [0, 0.1) is 17.2 Å². The number of nitrogens with zero attached hydrogens (tertiary/aromatic N) is 3. The van der Waals surface area contributed by atoms with E-state index in [2.05, 4.69) is 5.10 Å². The summed E-state index contributed by atoms with van der Waals surface area (Å²) in [5.74, 6) is -2.69. The van der Waals surface area contributed by atoms with Gasteiger partial charge in [0.15, 0.2) is 11.7 Å². The Hall–Kier alpha value is -3.49. The van der Waals surface area contributed by atoms with Gasteiger partial charge in [-0.1, -0.05) is 54.1 Å². The zero-order valence-electron chi connectivity index (χ0n) is 14.9. The van der Waals surface area contributed by atoms with Crippen LogP contribution in [0.5, 0.6) is 0 Å². The fraction of sp³-hybridized carbons (Fsp3) is 0.0909. The summed E-state index contributed by atoms with van der Waals surface area (Å²) in [6.45, 7) is 0. The number of benzene rings is 3. The normalized spacial score (nSPS) is 12.0. The second-order valence-corrected chi connectivity index (χ2v) is 6.89. The molecule has 0 amide bonds. The van der Waals surface area contributed by atoms with Gasteiger partial charge in [-0.25, -0.2) is 0 Å². The van der Waals surface area contributed by atoms with Crippen LogP contribution in [0.4, 0.5) is 0 Å². The summed E-state index contributed by atoms with van der Waals surface area (Å²) in [5, 5.41) is 16.8. The van der Waals surface area contributed by atoms with Crippen molar-refractivity contribution in [1.82, 2.24) is 9.78 Å². The number of hydrogen-bond donors (Lipinski definition) is 0. The van der Waals surface area contributed by atoms with E-state index in [0.29, 0.717) is 10.4 Å². The van der Waals surface area contributed by atoms with E-state index in [1.54, 1.807) is 29.9 Å². The van der Waals surface area contributed by atoms with Crippen LogP contribution in [0.25, 0.3) is 21.7 Å². The highest BCUT2D eigenvalue weighted by Crippen LogP contribution is 2.29. The zero-order chi connectivity index (χ0) is 19.8. The summed E-state index contributed by atoms with van der Waals surface area (Å²) in [6, 6.07) is 19.5. The van der Waals surface area contributed by atoms with Gasteiger partial charge in [-0.2, -0.15) is 10.4 Å². The molecular formula is C22H14ClN3O2. The third-order valence-corrected chi connectivity index (χ3v) is 4.96. The van der Waals surface area contributed by atoms with Gasteiger partial charge in [0.25, 0.3) is 0 Å². The summed E-state index contributed by atoms with van der Waals surface area (Å²) in [6.07, 6.45) is 0. The van der Waals surface area contributed by atoms with Crippen LogP contribution in [0.3, 0.4) is 0 Å². The maximum atomic E-state index is 13.1. The Bertz CT molecular complexity index is 1300. The number of fused-ring (bicyclic) bond motifs is 3. The largest absolute Gasteiger partial charge is 0.292 e. The Morgan fingerprint density at radius 3 is 2.57 bits per heavy atom. The first kappa shape index (κ1) is 17.9. The highest BCUT2D eigenvalue weighted by atomic mass is 35.5. The Kier molecular flexibility index (Phi) is 4.42. The van der Waals surface area contributed by atoms with Crippen LogP contribution in [-0.2, 0) is 7.05 Å². The molecule has 4 aromatic rings. The van der Waals surface area contributed by atoms with Crippen LogP contribution in [-0.4, -0.2) is 21.3 Å². The first-order chi connectivity index (χ1) is 13.5. The Labute approximate surface area is 165 Å². The van der Waals surface area contributed by atoms with E-state index in [1.165, 1.54) is 12.1 Å². The molecule has 0 saturated heterocycles. The molecule has 0 saturated carbocycles. The minimum atomic E-state index is -1.48. The monoisotopic (exact) mass is 387 g/mol. The van der Waals surface area contributed by atoms with E-state index >= 15 is 0 Å². The molecule has 0 bridgehead atoms. The Morgan fingerprint density at radius 1 is 1.04 bits per heavy atom. The molecule has 0 spiro atoms. The minimum absolute atomic E-state index is 0.116. The molecule has 0 aliphatic carbocycles. The topological polar surface area (TPSA) is 75.8 Å². The second kappa shape index (κ2) is 6.91. The molecule has 0 aliphatic rings.